The first-order chi connectivity index (χ1) is 7.33. The second-order valence-electron chi connectivity index (χ2n) is 3.37. The minimum Gasteiger partial charge on any atom is -0.395 e. The zero-order valence-electron chi connectivity index (χ0n) is 9.06. The highest BCUT2D eigenvalue weighted by molar-refractivity contribution is 5.51. The van der Waals surface area contributed by atoms with Crippen molar-refractivity contribution in [3.8, 4) is 0 Å². The van der Waals surface area contributed by atoms with E-state index in [2.05, 4.69) is 16.8 Å². The van der Waals surface area contributed by atoms with Crippen LogP contribution in [0.5, 0.6) is 0 Å². The SMILES string of the molecule is CCCN(CCO)c1ccncc1CO. The van der Waals surface area contributed by atoms with Gasteiger partial charge in [0.15, 0.2) is 0 Å². The van der Waals surface area contributed by atoms with Crippen LogP contribution in [-0.4, -0.2) is 34.9 Å². The number of pyridine rings is 1. The van der Waals surface area contributed by atoms with Crippen molar-refractivity contribution >= 4 is 5.69 Å². The predicted molar refractivity (Wildman–Crippen MR) is 59.7 cm³/mol. The van der Waals surface area contributed by atoms with E-state index in [0.29, 0.717) is 6.54 Å². The minimum absolute atomic E-state index is 0.0190. The lowest BCUT2D eigenvalue weighted by molar-refractivity contribution is 0.280. The average Bonchev–Trinajstić information content (AvgIpc) is 2.29. The largest absolute Gasteiger partial charge is 0.395 e. The Hall–Kier alpha value is -1.13. The van der Waals surface area contributed by atoms with E-state index in [0.717, 1.165) is 24.2 Å². The molecule has 0 aliphatic carbocycles. The maximum atomic E-state index is 9.17. The van der Waals surface area contributed by atoms with Crippen LogP contribution >= 0.6 is 0 Å². The van der Waals surface area contributed by atoms with Gasteiger partial charge in [-0.2, -0.15) is 0 Å². The van der Waals surface area contributed by atoms with E-state index in [9.17, 15) is 5.11 Å². The third kappa shape index (κ3) is 3.18. The molecule has 4 heteroatoms. The van der Waals surface area contributed by atoms with E-state index >= 15 is 0 Å². The van der Waals surface area contributed by atoms with Gasteiger partial charge in [-0.3, -0.25) is 4.98 Å². The van der Waals surface area contributed by atoms with Crippen LogP contribution in [0.2, 0.25) is 0 Å². The van der Waals surface area contributed by atoms with Gasteiger partial charge in [-0.1, -0.05) is 6.92 Å². The molecule has 0 bridgehead atoms. The molecule has 0 saturated carbocycles. The molecular formula is C11H18N2O2. The van der Waals surface area contributed by atoms with Crippen molar-refractivity contribution in [1.29, 1.82) is 0 Å². The summed E-state index contributed by atoms with van der Waals surface area (Å²) in [5, 5.41) is 18.1. The Kier molecular flexibility index (Phi) is 5.07. The van der Waals surface area contributed by atoms with Gasteiger partial charge in [0.25, 0.3) is 0 Å². The highest BCUT2D eigenvalue weighted by Crippen LogP contribution is 2.19. The quantitative estimate of drug-likeness (QED) is 0.728. The molecule has 1 aromatic heterocycles. The Morgan fingerprint density at radius 1 is 1.33 bits per heavy atom. The molecule has 0 aliphatic heterocycles. The van der Waals surface area contributed by atoms with Crippen LogP contribution in [0.1, 0.15) is 18.9 Å². The summed E-state index contributed by atoms with van der Waals surface area (Å²) in [5.74, 6) is 0. The summed E-state index contributed by atoms with van der Waals surface area (Å²) in [7, 11) is 0. The molecule has 1 aromatic rings. The number of aliphatic hydroxyl groups is 2. The zero-order valence-corrected chi connectivity index (χ0v) is 9.06. The summed E-state index contributed by atoms with van der Waals surface area (Å²) < 4.78 is 0. The Bertz CT molecular complexity index is 286. The zero-order chi connectivity index (χ0) is 11.1. The molecule has 0 saturated heterocycles. The fraction of sp³-hybridized carbons (Fsp3) is 0.545. The summed E-state index contributed by atoms with van der Waals surface area (Å²) in [6.07, 6.45) is 4.37. The van der Waals surface area contributed by atoms with Gasteiger partial charge >= 0.3 is 0 Å². The lowest BCUT2D eigenvalue weighted by atomic mass is 10.2. The van der Waals surface area contributed by atoms with Crippen LogP contribution in [0.4, 0.5) is 5.69 Å². The maximum absolute atomic E-state index is 9.17. The fourth-order valence-corrected chi connectivity index (χ4v) is 1.59. The third-order valence-electron chi connectivity index (χ3n) is 2.25. The van der Waals surface area contributed by atoms with E-state index in [4.69, 9.17) is 5.11 Å². The van der Waals surface area contributed by atoms with E-state index in [1.54, 1.807) is 12.4 Å². The molecule has 0 fully saturated rings. The maximum Gasteiger partial charge on any atom is 0.0717 e. The fourth-order valence-electron chi connectivity index (χ4n) is 1.59. The first kappa shape index (κ1) is 11.9. The molecule has 15 heavy (non-hydrogen) atoms. The van der Waals surface area contributed by atoms with Crippen LogP contribution < -0.4 is 4.90 Å². The summed E-state index contributed by atoms with van der Waals surface area (Å²) in [4.78, 5) is 6.03. The van der Waals surface area contributed by atoms with Crippen LogP contribution in [0.25, 0.3) is 0 Å². The highest BCUT2D eigenvalue weighted by atomic mass is 16.3. The third-order valence-corrected chi connectivity index (χ3v) is 2.25. The Labute approximate surface area is 90.2 Å². The number of hydrogen-bond donors (Lipinski definition) is 2. The van der Waals surface area contributed by atoms with E-state index in [1.165, 1.54) is 0 Å². The Morgan fingerprint density at radius 3 is 2.73 bits per heavy atom. The van der Waals surface area contributed by atoms with Gasteiger partial charge in [0.1, 0.15) is 0 Å². The van der Waals surface area contributed by atoms with Crippen LogP contribution in [0.15, 0.2) is 18.5 Å². The van der Waals surface area contributed by atoms with Crippen molar-refractivity contribution in [1.82, 2.24) is 4.98 Å². The molecule has 4 nitrogen and oxygen atoms in total. The number of nitrogens with zero attached hydrogens (tertiary/aromatic N) is 2. The smallest absolute Gasteiger partial charge is 0.0717 e. The molecule has 0 amide bonds. The van der Waals surface area contributed by atoms with Crippen LogP contribution in [0.3, 0.4) is 0 Å². The van der Waals surface area contributed by atoms with Gasteiger partial charge < -0.3 is 15.1 Å². The van der Waals surface area contributed by atoms with E-state index < -0.39 is 0 Å². The molecule has 1 heterocycles. The Balaban J connectivity index is 2.88. The number of hydrogen-bond acceptors (Lipinski definition) is 4. The molecule has 0 aromatic carbocycles. The Morgan fingerprint density at radius 2 is 2.13 bits per heavy atom. The average molecular weight is 210 g/mol. The highest BCUT2D eigenvalue weighted by Gasteiger charge is 2.09. The monoisotopic (exact) mass is 210 g/mol. The van der Waals surface area contributed by atoms with Gasteiger partial charge in [-0.25, -0.2) is 0 Å². The van der Waals surface area contributed by atoms with Crippen LogP contribution in [-0.2, 0) is 6.61 Å². The standard InChI is InChI=1S/C11H18N2O2/c1-2-5-13(6-7-14)11-3-4-12-8-10(11)9-15/h3-4,8,14-15H,2,5-7,9H2,1H3. The number of anilines is 1. The molecule has 0 unspecified atom stereocenters. The van der Waals surface area contributed by atoms with Crippen molar-refractivity contribution < 1.29 is 10.2 Å². The minimum atomic E-state index is -0.0190. The van der Waals surface area contributed by atoms with E-state index in [1.807, 2.05) is 6.07 Å². The number of aromatic nitrogens is 1. The van der Waals surface area contributed by atoms with Gasteiger partial charge in [-0.05, 0) is 12.5 Å². The van der Waals surface area contributed by atoms with Gasteiger partial charge in [0.2, 0.25) is 0 Å². The summed E-state index contributed by atoms with van der Waals surface area (Å²) >= 11 is 0. The van der Waals surface area contributed by atoms with Crippen molar-refractivity contribution in [2.24, 2.45) is 0 Å². The number of aliphatic hydroxyl groups excluding tert-OH is 2. The van der Waals surface area contributed by atoms with Crippen LogP contribution in [0, 0.1) is 0 Å². The van der Waals surface area contributed by atoms with Crippen molar-refractivity contribution in [2.75, 3.05) is 24.6 Å². The molecule has 84 valence electrons. The topological polar surface area (TPSA) is 56.6 Å². The molecule has 2 N–H and O–H groups in total. The second kappa shape index (κ2) is 6.37. The molecular weight excluding hydrogens is 192 g/mol. The normalized spacial score (nSPS) is 10.3. The van der Waals surface area contributed by atoms with Gasteiger partial charge in [-0.15, -0.1) is 0 Å². The molecule has 1 rings (SSSR count). The first-order valence-corrected chi connectivity index (χ1v) is 5.23. The van der Waals surface area contributed by atoms with Crippen molar-refractivity contribution in [3.63, 3.8) is 0 Å². The molecule has 0 spiro atoms. The lowest BCUT2D eigenvalue weighted by Crippen LogP contribution is -2.28. The predicted octanol–water partition coefficient (Wildman–Crippen LogP) is 0.783. The van der Waals surface area contributed by atoms with Gasteiger partial charge in [0.05, 0.1) is 13.2 Å². The van der Waals surface area contributed by atoms with Crippen molar-refractivity contribution in [3.05, 3.63) is 24.0 Å². The lowest BCUT2D eigenvalue weighted by Gasteiger charge is -2.25. The summed E-state index contributed by atoms with van der Waals surface area (Å²) in [5.41, 5.74) is 1.77. The molecule has 0 atom stereocenters. The van der Waals surface area contributed by atoms with Gasteiger partial charge in [0, 0.05) is 36.7 Å². The molecule has 0 aliphatic rings. The van der Waals surface area contributed by atoms with E-state index in [-0.39, 0.29) is 13.2 Å². The summed E-state index contributed by atoms with van der Waals surface area (Å²) in [6.45, 7) is 3.65. The number of rotatable bonds is 6. The summed E-state index contributed by atoms with van der Waals surface area (Å²) in [6, 6.07) is 1.87. The first-order valence-electron chi connectivity index (χ1n) is 5.23. The second-order valence-corrected chi connectivity index (χ2v) is 3.37. The molecule has 0 radical (unpaired) electrons. The van der Waals surface area contributed by atoms with Crippen molar-refractivity contribution in [2.45, 2.75) is 20.0 Å².